The van der Waals surface area contributed by atoms with Crippen LogP contribution in [-0.2, 0) is 9.59 Å². The Hall–Kier alpha value is -2.80. The van der Waals surface area contributed by atoms with E-state index in [-0.39, 0.29) is 17.7 Å². The summed E-state index contributed by atoms with van der Waals surface area (Å²) in [5.74, 6) is 0.00818. The van der Waals surface area contributed by atoms with Gasteiger partial charge in [0.15, 0.2) is 5.16 Å². The number of aromatic nitrogens is 2. The predicted molar refractivity (Wildman–Crippen MR) is 110 cm³/mol. The maximum Gasteiger partial charge on any atom is 0.233 e. The number of hydrogen-bond acceptors (Lipinski definition) is 4. The molecular formula is C21H22N4O2S. The van der Waals surface area contributed by atoms with Crippen molar-refractivity contribution in [2.45, 2.75) is 18.0 Å². The van der Waals surface area contributed by atoms with E-state index in [0.29, 0.717) is 31.7 Å². The van der Waals surface area contributed by atoms with Crippen LogP contribution in [0.15, 0.2) is 59.8 Å². The molecule has 2 amide bonds. The lowest BCUT2D eigenvalue weighted by Gasteiger charge is -2.30. The number of piperidine rings is 1. The van der Waals surface area contributed by atoms with Gasteiger partial charge in [-0.25, -0.2) is 4.98 Å². The zero-order chi connectivity index (χ0) is 19.5. The molecule has 2 N–H and O–H groups in total. The molecule has 28 heavy (non-hydrogen) atoms. The second-order valence-electron chi connectivity index (χ2n) is 6.90. The van der Waals surface area contributed by atoms with Crippen LogP contribution in [0.3, 0.4) is 0 Å². The Bertz CT molecular complexity index is 994. The van der Waals surface area contributed by atoms with Gasteiger partial charge in [0.25, 0.3) is 0 Å². The molecule has 1 aliphatic heterocycles. The first kappa shape index (κ1) is 18.6. The summed E-state index contributed by atoms with van der Waals surface area (Å²) in [7, 11) is 0. The van der Waals surface area contributed by atoms with Crippen molar-refractivity contribution in [3.05, 3.63) is 54.6 Å². The third-order valence-corrected chi connectivity index (χ3v) is 6.04. The molecule has 6 nitrogen and oxygen atoms in total. The Morgan fingerprint density at radius 1 is 1.04 bits per heavy atom. The number of fused-ring (bicyclic) bond motifs is 1. The minimum absolute atomic E-state index is 0.0691. The molecule has 7 heteroatoms. The number of primary amides is 1. The lowest BCUT2D eigenvalue weighted by molar-refractivity contribution is -0.132. The molecule has 1 aromatic heterocycles. The van der Waals surface area contributed by atoms with E-state index in [9.17, 15) is 9.59 Å². The van der Waals surface area contributed by atoms with Gasteiger partial charge in [-0.2, -0.15) is 0 Å². The molecule has 1 saturated heterocycles. The molecular weight excluding hydrogens is 372 g/mol. The fraction of sp³-hybridized carbons (Fsp3) is 0.286. The number of thioether (sulfide) groups is 1. The number of benzene rings is 2. The number of carbonyl (C=O) groups is 2. The van der Waals surface area contributed by atoms with Gasteiger partial charge in [-0.1, -0.05) is 42.1 Å². The highest BCUT2D eigenvalue weighted by atomic mass is 32.2. The quantitative estimate of drug-likeness (QED) is 0.675. The van der Waals surface area contributed by atoms with E-state index in [1.165, 1.54) is 11.8 Å². The Labute approximate surface area is 167 Å². The number of amides is 2. The molecule has 2 heterocycles. The van der Waals surface area contributed by atoms with Crippen molar-refractivity contribution in [2.24, 2.45) is 11.7 Å². The van der Waals surface area contributed by atoms with Gasteiger partial charge in [0.2, 0.25) is 11.8 Å². The molecule has 0 unspecified atom stereocenters. The van der Waals surface area contributed by atoms with Gasteiger partial charge >= 0.3 is 0 Å². The van der Waals surface area contributed by atoms with Crippen molar-refractivity contribution in [1.29, 1.82) is 0 Å². The number of likely N-dealkylation sites (tertiary alicyclic amines) is 1. The Morgan fingerprint density at radius 3 is 2.43 bits per heavy atom. The number of nitrogens with zero attached hydrogens (tertiary/aromatic N) is 3. The van der Waals surface area contributed by atoms with E-state index < -0.39 is 0 Å². The lowest BCUT2D eigenvalue weighted by atomic mass is 9.96. The first-order chi connectivity index (χ1) is 13.6. The predicted octanol–water partition coefficient (Wildman–Crippen LogP) is 2.84. The van der Waals surface area contributed by atoms with Gasteiger partial charge in [-0.3, -0.25) is 14.2 Å². The van der Waals surface area contributed by atoms with Gasteiger partial charge in [0.05, 0.1) is 16.8 Å². The van der Waals surface area contributed by atoms with Gasteiger partial charge in [0.1, 0.15) is 0 Å². The first-order valence-corrected chi connectivity index (χ1v) is 10.3. The van der Waals surface area contributed by atoms with Crippen LogP contribution in [0.25, 0.3) is 16.7 Å². The molecule has 0 atom stereocenters. The molecule has 0 radical (unpaired) electrons. The van der Waals surface area contributed by atoms with Crippen molar-refractivity contribution >= 4 is 34.6 Å². The zero-order valence-corrected chi connectivity index (χ0v) is 16.3. The molecule has 4 rings (SSSR count). The smallest absolute Gasteiger partial charge is 0.233 e. The molecule has 2 aromatic carbocycles. The lowest BCUT2D eigenvalue weighted by Crippen LogP contribution is -2.42. The summed E-state index contributed by atoms with van der Waals surface area (Å²) in [4.78, 5) is 30.5. The van der Waals surface area contributed by atoms with Crippen molar-refractivity contribution in [1.82, 2.24) is 14.5 Å². The van der Waals surface area contributed by atoms with Crippen molar-refractivity contribution in [2.75, 3.05) is 18.8 Å². The summed E-state index contributed by atoms with van der Waals surface area (Å²) in [6.45, 7) is 1.17. The number of nitrogens with two attached hydrogens (primary N) is 1. The highest BCUT2D eigenvalue weighted by molar-refractivity contribution is 7.99. The third kappa shape index (κ3) is 3.75. The normalized spacial score (nSPS) is 15.1. The Balaban J connectivity index is 1.51. The van der Waals surface area contributed by atoms with Crippen molar-refractivity contribution in [3.8, 4) is 5.69 Å². The molecule has 1 aliphatic rings. The Kier molecular flexibility index (Phi) is 5.34. The number of carbonyl (C=O) groups excluding carboxylic acids is 2. The van der Waals surface area contributed by atoms with Crippen LogP contribution >= 0.6 is 11.8 Å². The van der Waals surface area contributed by atoms with Crippen LogP contribution in [0.5, 0.6) is 0 Å². The van der Waals surface area contributed by atoms with Crippen molar-refractivity contribution < 1.29 is 9.59 Å². The average Bonchev–Trinajstić information content (AvgIpc) is 3.11. The fourth-order valence-corrected chi connectivity index (χ4v) is 4.49. The SMILES string of the molecule is NC(=O)C1CCN(C(=O)CSc2nc3ccccc3n2-c2ccccc2)CC1. The molecule has 1 fully saturated rings. The maximum absolute atomic E-state index is 12.7. The molecule has 0 aliphatic carbocycles. The highest BCUT2D eigenvalue weighted by Crippen LogP contribution is 2.28. The molecule has 3 aromatic rings. The molecule has 0 bridgehead atoms. The summed E-state index contributed by atoms with van der Waals surface area (Å²) in [6, 6.07) is 18.0. The molecule has 0 saturated carbocycles. The topological polar surface area (TPSA) is 81.2 Å². The first-order valence-electron chi connectivity index (χ1n) is 9.36. The van der Waals surface area contributed by atoms with E-state index >= 15 is 0 Å². The van der Waals surface area contributed by atoms with Gasteiger partial charge in [-0.05, 0) is 37.1 Å². The van der Waals surface area contributed by atoms with Crippen molar-refractivity contribution in [3.63, 3.8) is 0 Å². The summed E-state index contributed by atoms with van der Waals surface area (Å²) < 4.78 is 2.09. The summed E-state index contributed by atoms with van der Waals surface area (Å²) in [5, 5.41) is 0.799. The highest BCUT2D eigenvalue weighted by Gasteiger charge is 2.26. The van der Waals surface area contributed by atoms with Gasteiger partial charge in [0, 0.05) is 24.7 Å². The summed E-state index contributed by atoms with van der Waals surface area (Å²) in [6.07, 6.45) is 1.29. The van der Waals surface area contributed by atoms with E-state index in [4.69, 9.17) is 10.7 Å². The van der Waals surface area contributed by atoms with E-state index in [1.54, 1.807) is 0 Å². The van der Waals surface area contributed by atoms with Crippen LogP contribution in [0.1, 0.15) is 12.8 Å². The zero-order valence-electron chi connectivity index (χ0n) is 15.5. The van der Waals surface area contributed by atoms with Gasteiger partial charge < -0.3 is 10.6 Å². The third-order valence-electron chi connectivity index (χ3n) is 5.12. The van der Waals surface area contributed by atoms with E-state index in [1.807, 2.05) is 59.5 Å². The van der Waals surface area contributed by atoms with E-state index in [2.05, 4.69) is 4.57 Å². The minimum Gasteiger partial charge on any atom is -0.369 e. The van der Waals surface area contributed by atoms with Crippen LogP contribution in [-0.4, -0.2) is 45.1 Å². The molecule has 144 valence electrons. The fourth-order valence-electron chi connectivity index (χ4n) is 3.56. The monoisotopic (exact) mass is 394 g/mol. The average molecular weight is 395 g/mol. The van der Waals surface area contributed by atoms with Crippen LogP contribution in [0.4, 0.5) is 0 Å². The molecule has 0 spiro atoms. The van der Waals surface area contributed by atoms with Crippen LogP contribution in [0, 0.1) is 5.92 Å². The number of rotatable bonds is 5. The van der Waals surface area contributed by atoms with E-state index in [0.717, 1.165) is 21.9 Å². The number of imidazole rings is 1. The largest absolute Gasteiger partial charge is 0.369 e. The summed E-state index contributed by atoms with van der Waals surface area (Å²) >= 11 is 1.45. The Morgan fingerprint density at radius 2 is 1.71 bits per heavy atom. The van der Waals surface area contributed by atoms with Crippen LogP contribution in [0.2, 0.25) is 0 Å². The van der Waals surface area contributed by atoms with Gasteiger partial charge in [-0.15, -0.1) is 0 Å². The summed E-state index contributed by atoms with van der Waals surface area (Å²) in [5.41, 5.74) is 8.32. The van der Waals surface area contributed by atoms with Crippen LogP contribution < -0.4 is 5.73 Å². The maximum atomic E-state index is 12.7. The minimum atomic E-state index is -0.266. The number of hydrogen-bond donors (Lipinski definition) is 1. The second-order valence-corrected chi connectivity index (χ2v) is 7.84. The standard InChI is InChI=1S/C21H22N4O2S/c22-20(27)15-10-12-24(13-11-15)19(26)14-28-21-23-17-8-4-5-9-18(17)25(21)16-6-2-1-3-7-16/h1-9,15H,10-14H2,(H2,22,27). The second kappa shape index (κ2) is 8.06. The number of para-hydroxylation sites is 3.